The second-order valence-corrected chi connectivity index (χ2v) is 10.0. The number of para-hydroxylation sites is 1. The van der Waals surface area contributed by atoms with Gasteiger partial charge in [0, 0.05) is 30.8 Å². The Bertz CT molecular complexity index is 1370. The Kier molecular flexibility index (Phi) is 6.85. The lowest BCUT2D eigenvalue weighted by molar-refractivity contribution is 0.0197. The molecule has 0 spiro atoms. The number of benzene rings is 1. The van der Waals surface area contributed by atoms with E-state index in [1.54, 1.807) is 17.2 Å². The van der Waals surface area contributed by atoms with E-state index in [1.807, 2.05) is 69.3 Å². The summed E-state index contributed by atoms with van der Waals surface area (Å²) in [6, 6.07) is 17.1. The lowest BCUT2D eigenvalue weighted by Gasteiger charge is -2.34. The second kappa shape index (κ2) is 10.4. The van der Waals surface area contributed by atoms with Gasteiger partial charge in [-0.1, -0.05) is 18.2 Å². The maximum atomic E-state index is 12.6. The molecule has 0 bridgehead atoms. The molecule has 9 heteroatoms. The highest BCUT2D eigenvalue weighted by Gasteiger charge is 2.29. The van der Waals surface area contributed by atoms with E-state index in [-0.39, 0.29) is 12.0 Å². The topological polar surface area (TPSA) is 102 Å². The number of hydrogen-bond acceptors (Lipinski definition) is 8. The van der Waals surface area contributed by atoms with E-state index in [4.69, 9.17) is 14.5 Å². The quantitative estimate of drug-likeness (QED) is 0.354. The van der Waals surface area contributed by atoms with E-state index in [1.165, 1.54) is 6.33 Å². The normalized spacial score (nSPS) is 15.9. The first kappa shape index (κ1) is 24.4. The van der Waals surface area contributed by atoms with Crippen molar-refractivity contribution in [1.29, 1.82) is 0 Å². The highest BCUT2D eigenvalue weighted by molar-refractivity contribution is 5.86. The highest BCUT2D eigenvalue weighted by Crippen LogP contribution is 2.30. The molecule has 1 N–H and O–H groups in total. The van der Waals surface area contributed by atoms with Crippen molar-refractivity contribution >= 4 is 28.6 Å². The Hall–Kier alpha value is -4.27. The minimum atomic E-state index is -0.524. The fourth-order valence-corrected chi connectivity index (χ4v) is 4.25. The summed E-state index contributed by atoms with van der Waals surface area (Å²) in [5, 5.41) is 3.30. The van der Waals surface area contributed by atoms with E-state index in [9.17, 15) is 4.79 Å². The molecule has 1 aliphatic heterocycles. The van der Waals surface area contributed by atoms with E-state index >= 15 is 0 Å². The second-order valence-electron chi connectivity index (χ2n) is 10.0. The third-order valence-electron chi connectivity index (χ3n) is 5.96. The third kappa shape index (κ3) is 6.11. The minimum Gasteiger partial charge on any atom is -0.444 e. The van der Waals surface area contributed by atoms with Crippen LogP contribution in [-0.2, 0) is 4.74 Å². The van der Waals surface area contributed by atoms with Crippen molar-refractivity contribution in [3.8, 4) is 11.6 Å². The van der Waals surface area contributed by atoms with E-state index < -0.39 is 5.60 Å². The maximum Gasteiger partial charge on any atom is 0.410 e. The van der Waals surface area contributed by atoms with Crippen LogP contribution in [0, 0.1) is 0 Å². The number of amides is 1. The lowest BCUT2D eigenvalue weighted by atomic mass is 9.94. The summed E-state index contributed by atoms with van der Waals surface area (Å²) in [7, 11) is 0. The van der Waals surface area contributed by atoms with Gasteiger partial charge in [-0.15, -0.1) is 0 Å². The van der Waals surface area contributed by atoms with Gasteiger partial charge >= 0.3 is 6.09 Å². The van der Waals surface area contributed by atoms with Crippen LogP contribution in [0.15, 0.2) is 67.1 Å². The number of ether oxygens (including phenoxy) is 2. The SMILES string of the molecule is CC(C)(C)OC(=O)N1CCC[C@@H](c2ccc3ncnc(Nc4ccc(Oc5ccccc5)nc4)c3n2)C1. The molecular formula is C28H30N6O3. The Labute approximate surface area is 215 Å². The van der Waals surface area contributed by atoms with Gasteiger partial charge in [0.2, 0.25) is 5.88 Å². The third-order valence-corrected chi connectivity index (χ3v) is 5.96. The summed E-state index contributed by atoms with van der Waals surface area (Å²) < 4.78 is 11.4. The number of nitrogens with one attached hydrogen (secondary N) is 1. The zero-order valence-electron chi connectivity index (χ0n) is 21.2. The number of pyridine rings is 2. The highest BCUT2D eigenvalue weighted by atomic mass is 16.6. The van der Waals surface area contributed by atoms with Gasteiger partial charge in [0.25, 0.3) is 0 Å². The van der Waals surface area contributed by atoms with Gasteiger partial charge in [0.1, 0.15) is 23.2 Å². The Balaban J connectivity index is 1.33. The van der Waals surface area contributed by atoms with Crippen LogP contribution in [0.2, 0.25) is 0 Å². The zero-order chi connectivity index (χ0) is 25.8. The predicted octanol–water partition coefficient (Wildman–Crippen LogP) is 6.07. The molecule has 0 aliphatic carbocycles. The van der Waals surface area contributed by atoms with E-state index in [0.29, 0.717) is 30.3 Å². The first-order valence-electron chi connectivity index (χ1n) is 12.4. The molecule has 1 atom stereocenters. The number of rotatable bonds is 5. The van der Waals surface area contributed by atoms with Crippen molar-refractivity contribution in [2.45, 2.75) is 45.1 Å². The van der Waals surface area contributed by atoms with Crippen molar-refractivity contribution < 1.29 is 14.3 Å². The number of hydrogen-bond donors (Lipinski definition) is 1. The number of likely N-dealkylation sites (tertiary alicyclic amines) is 1. The molecule has 0 unspecified atom stereocenters. The number of anilines is 2. The summed E-state index contributed by atoms with van der Waals surface area (Å²) in [6.45, 7) is 6.89. The van der Waals surface area contributed by atoms with Crippen LogP contribution < -0.4 is 10.1 Å². The molecule has 190 valence electrons. The average Bonchev–Trinajstić information content (AvgIpc) is 2.89. The predicted molar refractivity (Wildman–Crippen MR) is 141 cm³/mol. The Morgan fingerprint density at radius 3 is 2.62 bits per heavy atom. The molecule has 1 amide bonds. The molecule has 1 fully saturated rings. The first-order chi connectivity index (χ1) is 17.8. The van der Waals surface area contributed by atoms with E-state index in [2.05, 4.69) is 20.3 Å². The molecule has 4 aromatic rings. The molecule has 0 radical (unpaired) electrons. The van der Waals surface area contributed by atoms with Crippen molar-refractivity contribution in [1.82, 2.24) is 24.8 Å². The number of aromatic nitrogens is 4. The van der Waals surface area contributed by atoms with Crippen molar-refractivity contribution in [3.63, 3.8) is 0 Å². The van der Waals surface area contributed by atoms with Gasteiger partial charge in [-0.05, 0) is 63.9 Å². The van der Waals surface area contributed by atoms with Gasteiger partial charge in [-0.25, -0.2) is 24.7 Å². The van der Waals surface area contributed by atoms with Crippen LogP contribution in [0.4, 0.5) is 16.3 Å². The molecule has 3 aromatic heterocycles. The van der Waals surface area contributed by atoms with Crippen LogP contribution in [0.25, 0.3) is 11.0 Å². The molecule has 4 heterocycles. The standard InChI is InChI=1S/C28H30N6O3/c1-28(2,3)37-27(35)34-15-7-8-19(17-34)22-12-13-23-25(33-22)26(31-18-30-23)32-20-11-14-24(29-16-20)36-21-9-5-4-6-10-21/h4-6,9-14,16,18-19H,7-8,15,17H2,1-3H3,(H,30,31,32)/t19-/m1/s1. The van der Waals surface area contributed by atoms with Gasteiger partial charge in [-0.2, -0.15) is 0 Å². The summed E-state index contributed by atoms with van der Waals surface area (Å²) in [4.78, 5) is 32.5. The van der Waals surface area contributed by atoms with Gasteiger partial charge in [0.15, 0.2) is 5.82 Å². The fraction of sp³-hybridized carbons (Fsp3) is 0.321. The summed E-state index contributed by atoms with van der Waals surface area (Å²) in [5.74, 6) is 1.92. The monoisotopic (exact) mass is 498 g/mol. The van der Waals surface area contributed by atoms with E-state index in [0.717, 1.165) is 35.5 Å². The maximum absolute atomic E-state index is 12.6. The lowest BCUT2D eigenvalue weighted by Crippen LogP contribution is -2.42. The number of carbonyl (C=O) groups excluding carboxylic acids is 1. The molecule has 1 aliphatic rings. The number of carbonyl (C=O) groups is 1. The van der Waals surface area contributed by atoms with Crippen LogP contribution in [0.3, 0.4) is 0 Å². The Morgan fingerprint density at radius 1 is 1.03 bits per heavy atom. The fourth-order valence-electron chi connectivity index (χ4n) is 4.25. The van der Waals surface area contributed by atoms with Crippen LogP contribution in [0.5, 0.6) is 11.6 Å². The van der Waals surface area contributed by atoms with Gasteiger partial charge in [-0.3, -0.25) is 0 Å². The molecule has 1 aromatic carbocycles. The van der Waals surface area contributed by atoms with Crippen LogP contribution in [0.1, 0.15) is 45.2 Å². The summed E-state index contributed by atoms with van der Waals surface area (Å²) >= 11 is 0. The average molecular weight is 499 g/mol. The molecule has 37 heavy (non-hydrogen) atoms. The largest absolute Gasteiger partial charge is 0.444 e. The smallest absolute Gasteiger partial charge is 0.410 e. The molecule has 5 rings (SSSR count). The molecule has 9 nitrogen and oxygen atoms in total. The van der Waals surface area contributed by atoms with Gasteiger partial charge < -0.3 is 19.7 Å². The van der Waals surface area contributed by atoms with Crippen LogP contribution >= 0.6 is 0 Å². The summed E-state index contributed by atoms with van der Waals surface area (Å²) in [6.07, 6.45) is 4.76. The van der Waals surface area contributed by atoms with Crippen molar-refractivity contribution in [3.05, 3.63) is 72.8 Å². The zero-order valence-corrected chi connectivity index (χ0v) is 21.2. The summed E-state index contributed by atoms with van der Waals surface area (Å²) in [5.41, 5.74) is 2.53. The number of piperidine rings is 1. The first-order valence-corrected chi connectivity index (χ1v) is 12.4. The van der Waals surface area contributed by atoms with Crippen LogP contribution in [-0.4, -0.2) is 49.6 Å². The molecule has 0 saturated carbocycles. The number of fused-ring (bicyclic) bond motifs is 1. The van der Waals surface area contributed by atoms with Gasteiger partial charge in [0.05, 0.1) is 17.4 Å². The Morgan fingerprint density at radius 2 is 1.86 bits per heavy atom. The minimum absolute atomic E-state index is 0.106. The molecule has 1 saturated heterocycles. The number of nitrogens with zero attached hydrogens (tertiary/aromatic N) is 5. The molecular weight excluding hydrogens is 468 g/mol. The van der Waals surface area contributed by atoms with Crippen molar-refractivity contribution in [2.75, 3.05) is 18.4 Å². The van der Waals surface area contributed by atoms with Crippen molar-refractivity contribution in [2.24, 2.45) is 0 Å².